The van der Waals surface area contributed by atoms with Crippen LogP contribution >= 0.6 is 11.8 Å². The molecule has 3 atom stereocenters. The fraction of sp³-hybridized carbons (Fsp3) is 0.667. The molecule has 0 aromatic heterocycles. The Morgan fingerprint density at radius 3 is 2.85 bits per heavy atom. The fourth-order valence-corrected chi connectivity index (χ4v) is 5.92. The van der Waals surface area contributed by atoms with Gasteiger partial charge in [0.2, 0.25) is 0 Å². The van der Waals surface area contributed by atoms with Gasteiger partial charge in [-0.25, -0.2) is 0 Å². The molecule has 2 heterocycles. The van der Waals surface area contributed by atoms with Crippen LogP contribution in [0.5, 0.6) is 0 Å². The second-order valence-corrected chi connectivity index (χ2v) is 8.14. The molecule has 0 amide bonds. The van der Waals surface area contributed by atoms with Crippen LogP contribution in [0, 0.1) is 5.92 Å². The molecule has 20 heavy (non-hydrogen) atoms. The molecule has 0 bridgehead atoms. The van der Waals surface area contributed by atoms with E-state index in [0.717, 1.165) is 17.2 Å². The largest absolute Gasteiger partial charge is 0.299 e. The molecule has 0 spiro atoms. The lowest BCUT2D eigenvalue weighted by atomic mass is 9.78. The third kappa shape index (κ3) is 2.53. The van der Waals surface area contributed by atoms with Crippen LogP contribution in [0.15, 0.2) is 29.2 Å². The molecule has 3 aliphatic rings. The van der Waals surface area contributed by atoms with Gasteiger partial charge in [-0.15, -0.1) is 11.8 Å². The van der Waals surface area contributed by atoms with Crippen LogP contribution < -0.4 is 0 Å². The standard InChI is InChI=1S/C18H25NS/c1-3-9-17-14(6-1)8-5-11-19(17)13-16-12-15-7-2-4-10-18(15)20-16/h2,4,7,10,14,16-17H,1,3,5-6,8-9,11-13H2. The van der Waals surface area contributed by atoms with E-state index in [0.29, 0.717) is 0 Å². The molecular weight excluding hydrogens is 262 g/mol. The number of fused-ring (bicyclic) bond motifs is 2. The summed E-state index contributed by atoms with van der Waals surface area (Å²) in [4.78, 5) is 4.39. The predicted octanol–water partition coefficient (Wildman–Crippen LogP) is 4.36. The highest BCUT2D eigenvalue weighted by molar-refractivity contribution is 8.00. The van der Waals surface area contributed by atoms with Crippen LogP contribution in [0.3, 0.4) is 0 Å². The van der Waals surface area contributed by atoms with Crippen molar-refractivity contribution in [2.24, 2.45) is 5.92 Å². The van der Waals surface area contributed by atoms with Gasteiger partial charge in [-0.05, 0) is 56.2 Å². The maximum Gasteiger partial charge on any atom is 0.0263 e. The maximum absolute atomic E-state index is 2.86. The van der Waals surface area contributed by atoms with Crippen molar-refractivity contribution in [1.29, 1.82) is 0 Å². The van der Waals surface area contributed by atoms with Gasteiger partial charge in [0.05, 0.1) is 0 Å². The average molecular weight is 287 g/mol. The van der Waals surface area contributed by atoms with Crippen molar-refractivity contribution in [2.75, 3.05) is 13.1 Å². The van der Waals surface area contributed by atoms with E-state index in [1.54, 1.807) is 5.56 Å². The first-order chi connectivity index (χ1) is 9.90. The zero-order chi connectivity index (χ0) is 13.4. The van der Waals surface area contributed by atoms with Gasteiger partial charge in [0, 0.05) is 22.7 Å². The minimum Gasteiger partial charge on any atom is -0.299 e. The summed E-state index contributed by atoms with van der Waals surface area (Å²) in [5.41, 5.74) is 1.58. The van der Waals surface area contributed by atoms with Gasteiger partial charge >= 0.3 is 0 Å². The van der Waals surface area contributed by atoms with Crippen LogP contribution in [0.1, 0.15) is 44.1 Å². The van der Waals surface area contributed by atoms with Gasteiger partial charge in [-0.1, -0.05) is 31.0 Å². The Bertz CT molecular complexity index is 445. The third-order valence-corrected chi connectivity index (χ3v) is 6.81. The van der Waals surface area contributed by atoms with Gasteiger partial charge in [-0.3, -0.25) is 4.90 Å². The van der Waals surface area contributed by atoms with Crippen LogP contribution in [-0.2, 0) is 6.42 Å². The molecule has 2 fully saturated rings. The van der Waals surface area contributed by atoms with Crippen molar-refractivity contribution >= 4 is 11.8 Å². The number of nitrogens with zero attached hydrogens (tertiary/aromatic N) is 1. The Morgan fingerprint density at radius 2 is 1.90 bits per heavy atom. The first-order valence-corrected chi connectivity index (χ1v) is 9.27. The lowest BCUT2D eigenvalue weighted by molar-refractivity contribution is 0.0616. The van der Waals surface area contributed by atoms with Crippen molar-refractivity contribution in [3.63, 3.8) is 0 Å². The highest BCUT2D eigenvalue weighted by Gasteiger charge is 2.35. The summed E-state index contributed by atoms with van der Waals surface area (Å²) < 4.78 is 0. The number of likely N-dealkylation sites (tertiary alicyclic amines) is 1. The topological polar surface area (TPSA) is 3.24 Å². The van der Waals surface area contributed by atoms with E-state index < -0.39 is 0 Å². The molecule has 0 radical (unpaired) electrons. The first-order valence-electron chi connectivity index (χ1n) is 8.39. The van der Waals surface area contributed by atoms with Crippen molar-refractivity contribution in [3.05, 3.63) is 29.8 Å². The number of rotatable bonds is 2. The third-order valence-electron chi connectivity index (χ3n) is 5.51. The number of hydrogen-bond donors (Lipinski definition) is 0. The summed E-state index contributed by atoms with van der Waals surface area (Å²) in [6.45, 7) is 2.68. The van der Waals surface area contributed by atoms with Gasteiger partial charge in [0.15, 0.2) is 0 Å². The molecule has 2 aliphatic heterocycles. The molecule has 1 nitrogen and oxygen atoms in total. The van der Waals surface area contributed by atoms with Gasteiger partial charge in [0.1, 0.15) is 0 Å². The highest BCUT2D eigenvalue weighted by Crippen LogP contribution is 2.40. The van der Waals surface area contributed by atoms with E-state index >= 15 is 0 Å². The Balaban J connectivity index is 1.42. The highest BCUT2D eigenvalue weighted by atomic mass is 32.2. The number of thioether (sulfide) groups is 1. The first kappa shape index (κ1) is 13.2. The smallest absolute Gasteiger partial charge is 0.0263 e. The van der Waals surface area contributed by atoms with Crippen molar-refractivity contribution < 1.29 is 0 Å². The zero-order valence-electron chi connectivity index (χ0n) is 12.3. The van der Waals surface area contributed by atoms with Crippen molar-refractivity contribution in [2.45, 2.75) is 61.1 Å². The minimum absolute atomic E-state index is 0.799. The van der Waals surface area contributed by atoms with Gasteiger partial charge in [0.25, 0.3) is 0 Å². The molecule has 108 valence electrons. The van der Waals surface area contributed by atoms with E-state index in [1.807, 2.05) is 0 Å². The normalized spacial score (nSPS) is 33.7. The molecule has 1 saturated carbocycles. The van der Waals surface area contributed by atoms with Gasteiger partial charge in [-0.2, -0.15) is 0 Å². The second kappa shape index (κ2) is 5.73. The second-order valence-electron chi connectivity index (χ2n) is 6.80. The fourth-order valence-electron chi connectivity index (χ4n) is 4.57. The van der Waals surface area contributed by atoms with Crippen LogP contribution in [0.2, 0.25) is 0 Å². The van der Waals surface area contributed by atoms with Crippen LogP contribution in [0.4, 0.5) is 0 Å². The van der Waals surface area contributed by atoms with E-state index in [-0.39, 0.29) is 0 Å². The quantitative estimate of drug-likeness (QED) is 0.795. The number of benzene rings is 1. The average Bonchev–Trinajstić information content (AvgIpc) is 2.90. The van der Waals surface area contributed by atoms with Crippen molar-refractivity contribution in [3.8, 4) is 0 Å². The Morgan fingerprint density at radius 1 is 1.05 bits per heavy atom. The molecule has 1 aromatic carbocycles. The monoisotopic (exact) mass is 287 g/mol. The lowest BCUT2D eigenvalue weighted by Gasteiger charge is -2.45. The molecule has 1 saturated heterocycles. The van der Waals surface area contributed by atoms with E-state index in [1.165, 1.54) is 62.9 Å². The Labute approximate surface area is 127 Å². The summed E-state index contributed by atoms with van der Waals surface area (Å²) in [7, 11) is 0. The summed E-state index contributed by atoms with van der Waals surface area (Å²) >= 11 is 2.13. The number of hydrogen-bond acceptors (Lipinski definition) is 2. The summed E-state index contributed by atoms with van der Waals surface area (Å²) in [5, 5.41) is 0.799. The summed E-state index contributed by atoms with van der Waals surface area (Å²) in [6.07, 6.45) is 10.1. The van der Waals surface area contributed by atoms with E-state index in [4.69, 9.17) is 0 Å². The lowest BCUT2D eigenvalue weighted by Crippen LogP contribution is -2.48. The van der Waals surface area contributed by atoms with E-state index in [2.05, 4.69) is 40.9 Å². The Hall–Kier alpha value is -0.470. The Kier molecular flexibility index (Phi) is 3.78. The number of piperidine rings is 1. The molecule has 4 rings (SSSR count). The summed E-state index contributed by atoms with van der Waals surface area (Å²) in [5.74, 6) is 1.02. The molecular formula is C18H25NS. The van der Waals surface area contributed by atoms with Crippen molar-refractivity contribution in [1.82, 2.24) is 4.90 Å². The molecule has 1 aromatic rings. The van der Waals surface area contributed by atoms with Crippen LogP contribution in [-0.4, -0.2) is 29.3 Å². The predicted molar refractivity (Wildman–Crippen MR) is 86.3 cm³/mol. The molecule has 0 N–H and O–H groups in total. The minimum atomic E-state index is 0.799. The zero-order valence-corrected chi connectivity index (χ0v) is 13.1. The SMILES string of the molecule is c1ccc2c(c1)CC(CN1CCCC3CCCCC31)S2. The maximum atomic E-state index is 2.86. The molecule has 1 aliphatic carbocycles. The summed E-state index contributed by atoms with van der Waals surface area (Å²) in [6, 6.07) is 9.93. The van der Waals surface area contributed by atoms with Gasteiger partial charge < -0.3 is 0 Å². The molecule has 2 heteroatoms. The van der Waals surface area contributed by atoms with Crippen LogP contribution in [0.25, 0.3) is 0 Å². The molecule has 3 unspecified atom stereocenters. The van der Waals surface area contributed by atoms with E-state index in [9.17, 15) is 0 Å².